The molecule has 0 fully saturated rings. The van der Waals surface area contributed by atoms with Gasteiger partial charge in [0, 0.05) is 32.9 Å². The van der Waals surface area contributed by atoms with Gasteiger partial charge in [-0.25, -0.2) is 0 Å². The minimum absolute atomic E-state index is 1.02. The Bertz CT molecular complexity index is 3410. The van der Waals surface area contributed by atoms with Gasteiger partial charge >= 0.3 is 0 Å². The second-order valence-electron chi connectivity index (χ2n) is 15.9. The molecule has 0 atom stereocenters. The van der Waals surface area contributed by atoms with E-state index in [0.717, 1.165) is 35.6 Å². The highest BCUT2D eigenvalue weighted by atomic mass is 15.1. The molecule has 1 heterocycles. The molecule has 1 aliphatic carbocycles. The second kappa shape index (κ2) is 14.0. The first-order chi connectivity index (χ1) is 29.8. The molecule has 0 spiro atoms. The van der Waals surface area contributed by atoms with Crippen molar-refractivity contribution in [3.05, 3.63) is 223 Å². The zero-order chi connectivity index (χ0) is 39.6. The zero-order valence-corrected chi connectivity index (χ0v) is 33.1. The minimum atomic E-state index is 1.02. The van der Waals surface area contributed by atoms with Gasteiger partial charge in [0.25, 0.3) is 0 Å². The number of nitrogens with zero attached hydrogens (tertiary/aromatic N) is 2. The molecule has 1 aliphatic rings. The Morgan fingerprint density at radius 1 is 0.400 bits per heavy atom. The summed E-state index contributed by atoms with van der Waals surface area (Å²) in [6, 6.07) is 75.8. The highest BCUT2D eigenvalue weighted by Gasteiger charge is 2.24. The van der Waals surface area contributed by atoms with Crippen LogP contribution in [-0.2, 0) is 6.42 Å². The maximum absolute atomic E-state index is 2.46. The minimum Gasteiger partial charge on any atom is -0.309 e. The van der Waals surface area contributed by atoms with Gasteiger partial charge in [-0.15, -0.1) is 0 Å². The van der Waals surface area contributed by atoms with Crippen molar-refractivity contribution in [1.29, 1.82) is 0 Å². The number of benzene rings is 10. The number of hydrogen-bond donors (Lipinski definition) is 0. The highest BCUT2D eigenvalue weighted by molar-refractivity contribution is 6.14. The van der Waals surface area contributed by atoms with Gasteiger partial charge in [0.2, 0.25) is 0 Å². The van der Waals surface area contributed by atoms with E-state index in [1.807, 2.05) is 0 Å². The summed E-state index contributed by atoms with van der Waals surface area (Å²) in [5, 5.41) is 9.97. The molecule has 1 aromatic heterocycles. The predicted octanol–water partition coefficient (Wildman–Crippen LogP) is 16.0. The molecule has 0 aliphatic heterocycles. The Labute approximate surface area is 349 Å². The van der Waals surface area contributed by atoms with E-state index >= 15 is 0 Å². The van der Waals surface area contributed by atoms with E-state index in [4.69, 9.17) is 0 Å². The Morgan fingerprint density at radius 2 is 0.983 bits per heavy atom. The third-order valence-electron chi connectivity index (χ3n) is 12.6. The van der Waals surface area contributed by atoms with Crippen LogP contribution >= 0.6 is 0 Å². The largest absolute Gasteiger partial charge is 0.309 e. The fourth-order valence-corrected chi connectivity index (χ4v) is 10.0. The van der Waals surface area contributed by atoms with Crippen molar-refractivity contribution >= 4 is 77.3 Å². The van der Waals surface area contributed by atoms with Crippen molar-refractivity contribution in [3.8, 4) is 27.9 Å². The molecule has 0 radical (unpaired) electrons. The molecule has 282 valence electrons. The first-order valence-corrected chi connectivity index (χ1v) is 21.0. The normalized spacial score (nSPS) is 12.5. The van der Waals surface area contributed by atoms with Crippen LogP contribution < -0.4 is 4.90 Å². The van der Waals surface area contributed by atoms with Gasteiger partial charge in [-0.3, -0.25) is 0 Å². The maximum Gasteiger partial charge on any atom is 0.0541 e. The van der Waals surface area contributed by atoms with Crippen molar-refractivity contribution < 1.29 is 0 Å². The van der Waals surface area contributed by atoms with Crippen LogP contribution in [0.5, 0.6) is 0 Å². The Hall–Kier alpha value is -7.68. The summed E-state index contributed by atoms with van der Waals surface area (Å²) in [7, 11) is 0. The van der Waals surface area contributed by atoms with Crippen LogP contribution in [-0.4, -0.2) is 4.57 Å². The van der Waals surface area contributed by atoms with E-state index in [0.29, 0.717) is 0 Å². The summed E-state index contributed by atoms with van der Waals surface area (Å²) >= 11 is 0. The Morgan fingerprint density at radius 3 is 1.72 bits per heavy atom. The van der Waals surface area contributed by atoms with Gasteiger partial charge in [0.1, 0.15) is 0 Å². The van der Waals surface area contributed by atoms with Gasteiger partial charge < -0.3 is 9.47 Å². The van der Waals surface area contributed by atoms with Crippen LogP contribution in [0.3, 0.4) is 0 Å². The summed E-state index contributed by atoms with van der Waals surface area (Å²) < 4.78 is 2.46. The quantitative estimate of drug-likeness (QED) is 0.164. The Balaban J connectivity index is 1.07. The smallest absolute Gasteiger partial charge is 0.0541 e. The third-order valence-corrected chi connectivity index (χ3v) is 12.6. The monoisotopic (exact) mass is 764 g/mol. The number of hydrogen-bond acceptors (Lipinski definition) is 1. The topological polar surface area (TPSA) is 8.17 Å². The third kappa shape index (κ3) is 5.42. The fraction of sp³-hybridized carbons (Fsp3) is 0.0345. The lowest BCUT2D eigenvalue weighted by molar-refractivity contribution is 0.991. The summed E-state index contributed by atoms with van der Waals surface area (Å²) in [6.07, 6.45) is 6.77. The standard InChI is InChI=1S/C58H40N2/c1-2-19-41(20-3-1)57-48-28-8-10-30-50(48)58(51-31-11-9-29-49(51)57)42-35-36-56-52(37-42)47-27-12-13-32-55(47)60(56)44-24-16-23-43(38-44)59(53-33-14-21-39-17-4-6-25-45(39)53)54-34-15-22-40-18-5-7-26-46(40)54/h1-10,12-30,32-38H,11,31H2. The summed E-state index contributed by atoms with van der Waals surface area (Å²) in [5.74, 6) is 0. The predicted molar refractivity (Wildman–Crippen MR) is 256 cm³/mol. The molecule has 0 unspecified atom stereocenters. The highest BCUT2D eigenvalue weighted by Crippen LogP contribution is 2.47. The summed E-state index contributed by atoms with van der Waals surface area (Å²) in [4.78, 5) is 2.45. The second-order valence-corrected chi connectivity index (χ2v) is 15.9. The van der Waals surface area contributed by atoms with Gasteiger partial charge in [-0.05, 0) is 116 Å². The summed E-state index contributed by atoms with van der Waals surface area (Å²) in [6.45, 7) is 0. The van der Waals surface area contributed by atoms with Crippen molar-refractivity contribution in [2.75, 3.05) is 4.90 Å². The molecule has 0 amide bonds. The Kier molecular flexibility index (Phi) is 8.02. The van der Waals surface area contributed by atoms with Crippen LogP contribution in [0, 0.1) is 0 Å². The lowest BCUT2D eigenvalue weighted by atomic mass is 9.80. The fourth-order valence-electron chi connectivity index (χ4n) is 10.0. The number of rotatable bonds is 6. The van der Waals surface area contributed by atoms with E-state index < -0.39 is 0 Å². The molecule has 0 saturated carbocycles. The molecular weight excluding hydrogens is 725 g/mol. The average Bonchev–Trinajstić information content (AvgIpc) is 3.65. The first kappa shape index (κ1) is 34.4. The average molecular weight is 765 g/mol. The van der Waals surface area contributed by atoms with Crippen LogP contribution in [0.15, 0.2) is 212 Å². The maximum atomic E-state index is 2.46. The van der Waals surface area contributed by atoms with Crippen molar-refractivity contribution in [3.63, 3.8) is 0 Å². The van der Waals surface area contributed by atoms with Crippen LogP contribution in [0.1, 0.15) is 17.5 Å². The summed E-state index contributed by atoms with van der Waals surface area (Å²) in [5.41, 5.74) is 14.9. The van der Waals surface area contributed by atoms with Gasteiger partial charge in [0.15, 0.2) is 0 Å². The molecule has 0 saturated heterocycles. The van der Waals surface area contributed by atoms with E-state index in [2.05, 4.69) is 228 Å². The first-order valence-electron chi connectivity index (χ1n) is 21.0. The van der Waals surface area contributed by atoms with Crippen molar-refractivity contribution in [2.24, 2.45) is 0 Å². The molecule has 2 nitrogen and oxygen atoms in total. The van der Waals surface area contributed by atoms with Crippen LogP contribution in [0.4, 0.5) is 17.1 Å². The lowest BCUT2D eigenvalue weighted by Gasteiger charge is -2.28. The van der Waals surface area contributed by atoms with E-state index in [1.54, 1.807) is 0 Å². The van der Waals surface area contributed by atoms with E-state index in [-0.39, 0.29) is 0 Å². The molecule has 60 heavy (non-hydrogen) atoms. The number of allylic oxidation sites excluding steroid dienone is 1. The molecule has 0 bridgehead atoms. The van der Waals surface area contributed by atoms with Crippen molar-refractivity contribution in [2.45, 2.75) is 12.8 Å². The van der Waals surface area contributed by atoms with Gasteiger partial charge in [-0.1, -0.05) is 170 Å². The number of fused-ring (bicyclic) bond motifs is 7. The lowest BCUT2D eigenvalue weighted by Crippen LogP contribution is -2.11. The molecule has 0 N–H and O–H groups in total. The molecule has 11 aromatic rings. The molecule has 12 rings (SSSR count). The molecule has 10 aromatic carbocycles. The van der Waals surface area contributed by atoms with Crippen LogP contribution in [0.25, 0.3) is 88.1 Å². The zero-order valence-electron chi connectivity index (χ0n) is 33.1. The number of anilines is 3. The van der Waals surface area contributed by atoms with Crippen molar-refractivity contribution in [1.82, 2.24) is 4.57 Å². The van der Waals surface area contributed by atoms with E-state index in [9.17, 15) is 0 Å². The number of para-hydroxylation sites is 1. The van der Waals surface area contributed by atoms with Gasteiger partial charge in [0.05, 0.1) is 22.4 Å². The SMILES string of the molecule is C1=Cc2c(c(-c3ccc4c(c3)c3ccccc3n4-c3cccc(N(c4cccc5ccccc45)c4cccc5ccccc45)c3)c3ccccc3c2-c2ccccc2)CC1. The molecular formula is C58H40N2. The molecule has 2 heteroatoms. The van der Waals surface area contributed by atoms with Gasteiger partial charge in [-0.2, -0.15) is 0 Å². The van der Waals surface area contributed by atoms with E-state index in [1.165, 1.54) is 87.5 Å². The van der Waals surface area contributed by atoms with Crippen LogP contribution in [0.2, 0.25) is 0 Å². The number of aromatic nitrogens is 1.